The predicted octanol–water partition coefficient (Wildman–Crippen LogP) is 2.17. The number of carbonyl (C=O) groups is 2. The molecule has 1 fully saturated rings. The van der Waals surface area contributed by atoms with Gasteiger partial charge in [0.1, 0.15) is 17.5 Å². The highest BCUT2D eigenvalue weighted by molar-refractivity contribution is 5.98. The molecule has 1 saturated heterocycles. The number of hydrogen-bond acceptors (Lipinski definition) is 5. The maximum absolute atomic E-state index is 12.8. The number of piperazine rings is 1. The van der Waals surface area contributed by atoms with Crippen LogP contribution in [0.2, 0.25) is 0 Å². The molecule has 0 unspecified atom stereocenters. The van der Waals surface area contributed by atoms with Crippen LogP contribution in [0.25, 0.3) is 0 Å². The van der Waals surface area contributed by atoms with E-state index in [0.29, 0.717) is 30.2 Å². The van der Waals surface area contributed by atoms with Crippen molar-refractivity contribution in [2.24, 2.45) is 0 Å². The number of ether oxygens (including phenoxy) is 2. The Morgan fingerprint density at radius 2 is 1.52 bits per heavy atom. The molecule has 1 atom stereocenters. The van der Waals surface area contributed by atoms with E-state index in [1.54, 1.807) is 30.0 Å². The van der Waals surface area contributed by atoms with Crippen molar-refractivity contribution in [1.29, 1.82) is 0 Å². The first-order valence-electron chi connectivity index (χ1n) is 9.64. The Bertz CT molecular complexity index is 826. The minimum atomic E-state index is -0.622. The molecule has 2 aromatic carbocycles. The first kappa shape index (κ1) is 20.5. The fourth-order valence-corrected chi connectivity index (χ4v) is 3.38. The summed E-state index contributed by atoms with van der Waals surface area (Å²) in [6.07, 6.45) is 0. The molecule has 7 heteroatoms. The van der Waals surface area contributed by atoms with E-state index in [9.17, 15) is 9.59 Å². The number of methoxy groups -OCH3 is 2. The van der Waals surface area contributed by atoms with Crippen LogP contribution in [0.15, 0.2) is 48.5 Å². The van der Waals surface area contributed by atoms with Crippen molar-refractivity contribution in [3.63, 3.8) is 0 Å². The smallest absolute Gasteiger partial charge is 0.252 e. The first-order valence-corrected chi connectivity index (χ1v) is 9.64. The first-order chi connectivity index (χ1) is 14.0. The molecule has 0 bridgehead atoms. The summed E-state index contributed by atoms with van der Waals surface area (Å²) in [5, 5.41) is 2.78. The van der Waals surface area contributed by atoms with Crippen LogP contribution in [0.4, 0.5) is 5.69 Å². The second-order valence-electron chi connectivity index (χ2n) is 6.94. The molecule has 1 N–H and O–H groups in total. The van der Waals surface area contributed by atoms with Gasteiger partial charge in [0, 0.05) is 43.5 Å². The minimum Gasteiger partial charge on any atom is -0.497 e. The fourth-order valence-electron chi connectivity index (χ4n) is 3.38. The van der Waals surface area contributed by atoms with E-state index in [2.05, 4.69) is 22.3 Å². The van der Waals surface area contributed by atoms with E-state index < -0.39 is 6.04 Å². The Morgan fingerprint density at radius 1 is 0.931 bits per heavy atom. The van der Waals surface area contributed by atoms with Crippen LogP contribution in [0.5, 0.6) is 11.5 Å². The van der Waals surface area contributed by atoms with E-state index in [-0.39, 0.29) is 11.8 Å². The molecule has 0 aliphatic carbocycles. The third-order valence-electron chi connectivity index (χ3n) is 5.04. The Hall–Kier alpha value is -3.22. The number of anilines is 1. The lowest BCUT2D eigenvalue weighted by molar-refractivity contribution is -0.133. The number of amides is 2. The van der Waals surface area contributed by atoms with Crippen LogP contribution in [0.3, 0.4) is 0 Å². The van der Waals surface area contributed by atoms with E-state index in [1.165, 1.54) is 14.2 Å². The van der Waals surface area contributed by atoms with Gasteiger partial charge in [-0.15, -0.1) is 0 Å². The van der Waals surface area contributed by atoms with Gasteiger partial charge in [0.05, 0.1) is 14.2 Å². The number of nitrogens with one attached hydrogen (secondary N) is 1. The monoisotopic (exact) mass is 397 g/mol. The van der Waals surface area contributed by atoms with E-state index in [0.717, 1.165) is 18.8 Å². The highest BCUT2D eigenvalue weighted by atomic mass is 16.5. The Labute approximate surface area is 171 Å². The van der Waals surface area contributed by atoms with Gasteiger partial charge in [-0.25, -0.2) is 0 Å². The topological polar surface area (TPSA) is 71.1 Å². The molecule has 3 rings (SSSR count). The number of carbonyl (C=O) groups excluding carboxylic acids is 2. The van der Waals surface area contributed by atoms with Gasteiger partial charge in [0.25, 0.3) is 5.91 Å². The molecule has 1 aliphatic heterocycles. The number of rotatable bonds is 6. The summed E-state index contributed by atoms with van der Waals surface area (Å²) in [7, 11) is 3.05. The number of hydrogen-bond donors (Lipinski definition) is 1. The molecule has 1 aliphatic rings. The van der Waals surface area contributed by atoms with Gasteiger partial charge >= 0.3 is 0 Å². The lowest BCUT2D eigenvalue weighted by Gasteiger charge is -2.37. The molecule has 2 aromatic rings. The van der Waals surface area contributed by atoms with E-state index in [1.807, 2.05) is 18.2 Å². The van der Waals surface area contributed by atoms with Crippen LogP contribution < -0.4 is 19.7 Å². The summed E-state index contributed by atoms with van der Waals surface area (Å²) in [5.41, 5.74) is 1.54. The lowest BCUT2D eigenvalue weighted by Crippen LogP contribution is -2.54. The predicted molar refractivity (Wildman–Crippen MR) is 112 cm³/mol. The number of para-hydroxylation sites is 1. The van der Waals surface area contributed by atoms with Crippen molar-refractivity contribution in [1.82, 2.24) is 10.2 Å². The van der Waals surface area contributed by atoms with Crippen LogP contribution in [-0.4, -0.2) is 63.2 Å². The minimum absolute atomic E-state index is 0.0825. The molecular formula is C22H27N3O4. The van der Waals surface area contributed by atoms with Crippen molar-refractivity contribution >= 4 is 17.5 Å². The Morgan fingerprint density at radius 3 is 2.07 bits per heavy atom. The van der Waals surface area contributed by atoms with Crippen molar-refractivity contribution in [2.75, 3.05) is 45.3 Å². The van der Waals surface area contributed by atoms with Gasteiger partial charge in [-0.2, -0.15) is 0 Å². The Kier molecular flexibility index (Phi) is 6.59. The van der Waals surface area contributed by atoms with Crippen LogP contribution in [0, 0.1) is 0 Å². The van der Waals surface area contributed by atoms with Crippen molar-refractivity contribution in [2.45, 2.75) is 13.0 Å². The third kappa shape index (κ3) is 4.99. The molecule has 0 spiro atoms. The molecule has 0 aromatic heterocycles. The van der Waals surface area contributed by atoms with Gasteiger partial charge in [-0.3, -0.25) is 9.59 Å². The second-order valence-corrected chi connectivity index (χ2v) is 6.94. The average molecular weight is 397 g/mol. The van der Waals surface area contributed by atoms with Crippen molar-refractivity contribution in [3.05, 3.63) is 54.1 Å². The molecule has 0 saturated carbocycles. The highest BCUT2D eigenvalue weighted by Gasteiger charge is 2.26. The summed E-state index contributed by atoms with van der Waals surface area (Å²) in [6, 6.07) is 14.5. The Balaban J connectivity index is 1.57. The van der Waals surface area contributed by atoms with Gasteiger partial charge in [0.15, 0.2) is 0 Å². The van der Waals surface area contributed by atoms with Crippen LogP contribution >= 0.6 is 0 Å². The normalized spacial score (nSPS) is 14.9. The maximum Gasteiger partial charge on any atom is 0.252 e. The maximum atomic E-state index is 12.8. The summed E-state index contributed by atoms with van der Waals surface area (Å²) in [5.74, 6) is 0.614. The number of nitrogens with zero attached hydrogens (tertiary/aromatic N) is 2. The standard InChI is InChI=1S/C22H27N3O4/c1-16(23-21(26)17-13-19(28-2)15-20(14-17)29-3)22(27)25-11-9-24(10-12-25)18-7-5-4-6-8-18/h4-8,13-16H,9-12H2,1-3H3,(H,23,26)/t16-/m1/s1. The molecule has 0 radical (unpaired) electrons. The van der Waals surface area contributed by atoms with Gasteiger partial charge in [0.2, 0.25) is 5.91 Å². The average Bonchev–Trinajstić information content (AvgIpc) is 2.78. The van der Waals surface area contributed by atoms with Gasteiger partial charge in [-0.1, -0.05) is 18.2 Å². The molecule has 1 heterocycles. The van der Waals surface area contributed by atoms with Crippen LogP contribution in [0.1, 0.15) is 17.3 Å². The van der Waals surface area contributed by atoms with E-state index in [4.69, 9.17) is 9.47 Å². The second kappa shape index (κ2) is 9.32. The SMILES string of the molecule is COc1cc(OC)cc(C(=O)N[C@H](C)C(=O)N2CCN(c3ccccc3)CC2)c1. The number of benzene rings is 2. The van der Waals surface area contributed by atoms with Crippen molar-refractivity contribution < 1.29 is 19.1 Å². The zero-order chi connectivity index (χ0) is 20.8. The molecule has 154 valence electrons. The van der Waals surface area contributed by atoms with Crippen molar-refractivity contribution in [3.8, 4) is 11.5 Å². The molecule has 29 heavy (non-hydrogen) atoms. The summed E-state index contributed by atoms with van der Waals surface area (Å²) < 4.78 is 10.4. The molecule has 7 nitrogen and oxygen atoms in total. The van der Waals surface area contributed by atoms with Crippen LogP contribution in [-0.2, 0) is 4.79 Å². The zero-order valence-corrected chi connectivity index (χ0v) is 17.1. The van der Waals surface area contributed by atoms with Gasteiger partial charge < -0.3 is 24.6 Å². The summed E-state index contributed by atoms with van der Waals surface area (Å²) in [6.45, 7) is 4.50. The third-order valence-corrected chi connectivity index (χ3v) is 5.04. The van der Waals surface area contributed by atoms with E-state index >= 15 is 0 Å². The lowest BCUT2D eigenvalue weighted by atomic mass is 10.1. The fraction of sp³-hybridized carbons (Fsp3) is 0.364. The quantitative estimate of drug-likeness (QED) is 0.809. The summed E-state index contributed by atoms with van der Waals surface area (Å²) in [4.78, 5) is 29.5. The zero-order valence-electron chi connectivity index (χ0n) is 17.1. The summed E-state index contributed by atoms with van der Waals surface area (Å²) >= 11 is 0. The van der Waals surface area contributed by atoms with Gasteiger partial charge in [-0.05, 0) is 31.2 Å². The highest BCUT2D eigenvalue weighted by Crippen LogP contribution is 2.22. The molecular weight excluding hydrogens is 370 g/mol. The molecule has 2 amide bonds. The largest absolute Gasteiger partial charge is 0.497 e.